The minimum Gasteiger partial charge on any atom is -0.486 e. The lowest BCUT2D eigenvalue weighted by Crippen LogP contribution is -2.18. The lowest BCUT2D eigenvalue weighted by atomic mass is 9.95. The number of aliphatic hydroxyl groups is 1. The van der Waals surface area contributed by atoms with Gasteiger partial charge in [0.25, 0.3) is 0 Å². The van der Waals surface area contributed by atoms with Crippen molar-refractivity contribution in [3.05, 3.63) is 22.2 Å². The fourth-order valence-electron chi connectivity index (χ4n) is 2.65. The monoisotopic (exact) mass is 362 g/mol. The molecule has 1 aromatic carbocycles. The van der Waals surface area contributed by atoms with Crippen LogP contribution in [0, 0.1) is 5.92 Å². The summed E-state index contributed by atoms with van der Waals surface area (Å²) in [4.78, 5) is 0. The van der Waals surface area contributed by atoms with Crippen LogP contribution in [0.25, 0.3) is 0 Å². The minimum absolute atomic E-state index is 0.0419. The number of ether oxygens (including phenoxy) is 2. The van der Waals surface area contributed by atoms with Gasteiger partial charge in [-0.3, -0.25) is 0 Å². The number of hydrogen-bond acceptors (Lipinski definition) is 5. The van der Waals surface area contributed by atoms with E-state index in [0.29, 0.717) is 41.2 Å². The maximum Gasteiger partial charge on any atom is 0.175 e. The van der Waals surface area contributed by atoms with Gasteiger partial charge in [-0.15, -0.1) is 0 Å². The van der Waals surface area contributed by atoms with E-state index in [9.17, 15) is 13.5 Å². The smallest absolute Gasteiger partial charge is 0.175 e. The summed E-state index contributed by atoms with van der Waals surface area (Å²) in [5.74, 6) is 1.15. The van der Waals surface area contributed by atoms with Gasteiger partial charge in [-0.1, -0.05) is 0 Å². The second-order valence-electron chi connectivity index (χ2n) is 5.13. The molecule has 110 valence electrons. The van der Waals surface area contributed by atoms with Gasteiger partial charge < -0.3 is 14.6 Å². The van der Waals surface area contributed by atoms with Crippen molar-refractivity contribution in [2.75, 3.05) is 24.7 Å². The normalized spacial score (nSPS) is 25.4. The molecule has 2 aliphatic heterocycles. The Hall–Kier alpha value is -0.790. The van der Waals surface area contributed by atoms with Crippen LogP contribution in [0.1, 0.15) is 18.1 Å². The molecule has 0 amide bonds. The molecule has 0 saturated carbocycles. The third-order valence-electron chi connectivity index (χ3n) is 3.67. The highest BCUT2D eigenvalue weighted by Crippen LogP contribution is 2.42. The second kappa shape index (κ2) is 5.20. The quantitative estimate of drug-likeness (QED) is 0.866. The Labute approximate surface area is 125 Å². The highest BCUT2D eigenvalue weighted by Gasteiger charge is 2.34. The van der Waals surface area contributed by atoms with Gasteiger partial charge in [0, 0.05) is 5.92 Å². The van der Waals surface area contributed by atoms with Crippen molar-refractivity contribution in [1.29, 1.82) is 0 Å². The predicted octanol–water partition coefficient (Wildman–Crippen LogP) is 1.69. The van der Waals surface area contributed by atoms with E-state index >= 15 is 0 Å². The Morgan fingerprint density at radius 3 is 2.75 bits per heavy atom. The van der Waals surface area contributed by atoms with Crippen LogP contribution < -0.4 is 9.47 Å². The fourth-order valence-corrected chi connectivity index (χ4v) is 5.05. The van der Waals surface area contributed by atoms with E-state index < -0.39 is 15.9 Å². The van der Waals surface area contributed by atoms with Gasteiger partial charge in [0.1, 0.15) is 13.2 Å². The predicted molar refractivity (Wildman–Crippen MR) is 76.9 cm³/mol. The molecule has 2 unspecified atom stereocenters. The Balaban J connectivity index is 1.89. The zero-order valence-electron chi connectivity index (χ0n) is 10.7. The average molecular weight is 363 g/mol. The molecule has 0 aliphatic carbocycles. The van der Waals surface area contributed by atoms with Crippen molar-refractivity contribution >= 4 is 25.8 Å². The molecule has 1 N–H and O–H groups in total. The van der Waals surface area contributed by atoms with Gasteiger partial charge in [0.2, 0.25) is 0 Å². The van der Waals surface area contributed by atoms with Crippen LogP contribution in [-0.4, -0.2) is 38.2 Å². The minimum atomic E-state index is -3.00. The van der Waals surface area contributed by atoms with Gasteiger partial charge in [0.15, 0.2) is 21.3 Å². The molecule has 1 aromatic rings. The molecule has 2 aliphatic rings. The number of fused-ring (bicyclic) bond motifs is 1. The molecule has 7 heteroatoms. The zero-order chi connectivity index (χ0) is 14.3. The van der Waals surface area contributed by atoms with Gasteiger partial charge in [-0.25, -0.2) is 8.42 Å². The zero-order valence-corrected chi connectivity index (χ0v) is 13.1. The summed E-state index contributed by atoms with van der Waals surface area (Å²) in [5.41, 5.74) is 0.656. The van der Waals surface area contributed by atoms with E-state index in [1.165, 1.54) is 0 Å². The third kappa shape index (κ3) is 2.66. The highest BCUT2D eigenvalue weighted by atomic mass is 79.9. The number of sulfone groups is 1. The number of benzene rings is 1. The summed E-state index contributed by atoms with van der Waals surface area (Å²) in [6.45, 7) is 0.963. The summed E-state index contributed by atoms with van der Waals surface area (Å²) in [5, 5.41) is 10.4. The summed E-state index contributed by atoms with van der Waals surface area (Å²) in [6, 6.07) is 3.50. The third-order valence-corrected chi connectivity index (χ3v) is 6.06. The molecule has 0 bridgehead atoms. The first kappa shape index (κ1) is 14.2. The SMILES string of the molecule is O=S1(=O)CCC(C(O)c2cc(Br)c3c(c2)OCCO3)C1. The Morgan fingerprint density at radius 1 is 1.30 bits per heavy atom. The molecule has 20 heavy (non-hydrogen) atoms. The summed E-state index contributed by atoms with van der Waals surface area (Å²) in [6.07, 6.45) is -0.311. The molecule has 0 radical (unpaired) electrons. The van der Waals surface area contributed by atoms with Gasteiger partial charge >= 0.3 is 0 Å². The Morgan fingerprint density at radius 2 is 2.05 bits per heavy atom. The molecule has 1 saturated heterocycles. The van der Waals surface area contributed by atoms with Gasteiger partial charge in [-0.2, -0.15) is 0 Å². The lowest BCUT2D eigenvalue weighted by Gasteiger charge is -2.23. The molecular weight excluding hydrogens is 348 g/mol. The number of hydrogen-bond donors (Lipinski definition) is 1. The second-order valence-corrected chi connectivity index (χ2v) is 8.22. The number of aliphatic hydroxyl groups excluding tert-OH is 1. The van der Waals surface area contributed by atoms with Crippen molar-refractivity contribution in [2.45, 2.75) is 12.5 Å². The van der Waals surface area contributed by atoms with E-state index in [1.807, 2.05) is 0 Å². The van der Waals surface area contributed by atoms with Crippen molar-refractivity contribution in [2.24, 2.45) is 5.92 Å². The van der Waals surface area contributed by atoms with Crippen LogP contribution >= 0.6 is 15.9 Å². The van der Waals surface area contributed by atoms with Crippen molar-refractivity contribution in [1.82, 2.24) is 0 Å². The first-order chi connectivity index (χ1) is 9.46. The van der Waals surface area contributed by atoms with Gasteiger partial charge in [-0.05, 0) is 40.0 Å². The van der Waals surface area contributed by atoms with Crippen molar-refractivity contribution in [3.8, 4) is 11.5 Å². The molecular formula is C13H15BrO5S. The van der Waals surface area contributed by atoms with Crippen LogP contribution in [0.3, 0.4) is 0 Å². The van der Waals surface area contributed by atoms with Crippen molar-refractivity contribution < 1.29 is 23.0 Å². The topological polar surface area (TPSA) is 72.8 Å². The van der Waals surface area contributed by atoms with Crippen molar-refractivity contribution in [3.63, 3.8) is 0 Å². The molecule has 0 aromatic heterocycles. The van der Waals surface area contributed by atoms with E-state index in [0.717, 1.165) is 0 Å². The van der Waals surface area contributed by atoms with E-state index in [1.54, 1.807) is 12.1 Å². The molecule has 3 rings (SSSR count). The van der Waals surface area contributed by atoms with E-state index in [2.05, 4.69) is 15.9 Å². The standard InChI is InChI=1S/C13H15BrO5S/c14-10-5-9(6-11-13(10)19-3-2-18-11)12(15)8-1-4-20(16,17)7-8/h5-6,8,12,15H,1-4,7H2. The van der Waals surface area contributed by atoms with Crippen LogP contribution in [-0.2, 0) is 9.84 Å². The van der Waals surface area contributed by atoms with E-state index in [-0.39, 0.29) is 17.4 Å². The molecule has 0 spiro atoms. The van der Waals surface area contributed by atoms with Crippen LogP contribution in [0.4, 0.5) is 0 Å². The fraction of sp³-hybridized carbons (Fsp3) is 0.538. The van der Waals surface area contributed by atoms with Crippen LogP contribution in [0.5, 0.6) is 11.5 Å². The number of rotatable bonds is 2. The maximum atomic E-state index is 11.5. The average Bonchev–Trinajstić information content (AvgIpc) is 2.78. The summed E-state index contributed by atoms with van der Waals surface area (Å²) in [7, 11) is -3.00. The largest absolute Gasteiger partial charge is 0.486 e. The molecule has 5 nitrogen and oxygen atoms in total. The first-order valence-electron chi connectivity index (χ1n) is 6.44. The molecule has 2 heterocycles. The van der Waals surface area contributed by atoms with Crippen LogP contribution in [0.15, 0.2) is 16.6 Å². The lowest BCUT2D eigenvalue weighted by molar-refractivity contribution is 0.119. The maximum absolute atomic E-state index is 11.5. The van der Waals surface area contributed by atoms with E-state index in [4.69, 9.17) is 9.47 Å². The molecule has 1 fully saturated rings. The summed E-state index contributed by atoms with van der Waals surface area (Å²) < 4.78 is 34.7. The number of halogens is 1. The van der Waals surface area contributed by atoms with Crippen LogP contribution in [0.2, 0.25) is 0 Å². The molecule has 2 atom stereocenters. The first-order valence-corrected chi connectivity index (χ1v) is 9.05. The Kier molecular flexibility index (Phi) is 3.68. The summed E-state index contributed by atoms with van der Waals surface area (Å²) >= 11 is 3.40. The highest BCUT2D eigenvalue weighted by molar-refractivity contribution is 9.10. The Bertz CT molecular complexity index is 628. The van der Waals surface area contributed by atoms with Gasteiger partial charge in [0.05, 0.1) is 22.1 Å².